The van der Waals surface area contributed by atoms with Gasteiger partial charge in [0, 0.05) is 12.6 Å². The molecule has 0 unspecified atom stereocenters. The third-order valence-electron chi connectivity index (χ3n) is 2.80. The highest BCUT2D eigenvalue weighted by molar-refractivity contribution is 5.83. The predicted molar refractivity (Wildman–Crippen MR) is 65.9 cm³/mol. The first-order valence-electron chi connectivity index (χ1n) is 5.36. The molecule has 0 aliphatic carbocycles. The number of aryl methyl sites for hydroxylation is 1. The summed E-state index contributed by atoms with van der Waals surface area (Å²) in [5.41, 5.74) is 5.53. The zero-order chi connectivity index (χ0) is 11.8. The van der Waals surface area contributed by atoms with Gasteiger partial charge in [0.15, 0.2) is 12.0 Å². The van der Waals surface area contributed by atoms with Gasteiger partial charge in [-0.25, -0.2) is 4.98 Å². The number of hydrogen-bond donors (Lipinski definition) is 2. The fourth-order valence-corrected chi connectivity index (χ4v) is 1.95. The van der Waals surface area contributed by atoms with Crippen LogP contribution < -0.4 is 5.32 Å². The van der Waals surface area contributed by atoms with Gasteiger partial charge in [-0.05, 0) is 19.1 Å². The zero-order valence-electron chi connectivity index (χ0n) is 9.61. The van der Waals surface area contributed by atoms with E-state index in [0.29, 0.717) is 0 Å². The largest absolute Gasteiger partial charge is 0.443 e. The van der Waals surface area contributed by atoms with Crippen LogP contribution in [-0.2, 0) is 0 Å². The van der Waals surface area contributed by atoms with E-state index in [0.717, 1.165) is 33.7 Å². The zero-order valence-corrected chi connectivity index (χ0v) is 9.61. The Morgan fingerprint density at radius 2 is 2.24 bits per heavy atom. The van der Waals surface area contributed by atoms with Crippen molar-refractivity contribution in [2.45, 2.75) is 6.92 Å². The number of anilines is 1. The van der Waals surface area contributed by atoms with Crippen molar-refractivity contribution in [2.24, 2.45) is 0 Å². The van der Waals surface area contributed by atoms with Gasteiger partial charge in [0.05, 0.1) is 11.4 Å². The van der Waals surface area contributed by atoms with Crippen LogP contribution in [0, 0.1) is 6.92 Å². The monoisotopic (exact) mass is 228 g/mol. The number of hydrogen-bond acceptors (Lipinski definition) is 4. The molecule has 86 valence electrons. The lowest BCUT2D eigenvalue weighted by atomic mass is 10.1. The van der Waals surface area contributed by atoms with Gasteiger partial charge < -0.3 is 9.73 Å². The highest BCUT2D eigenvalue weighted by atomic mass is 16.3. The summed E-state index contributed by atoms with van der Waals surface area (Å²) in [4.78, 5) is 4.09. The quantitative estimate of drug-likeness (QED) is 0.707. The van der Waals surface area contributed by atoms with Crippen molar-refractivity contribution in [1.82, 2.24) is 15.2 Å². The molecule has 0 amide bonds. The van der Waals surface area contributed by atoms with Gasteiger partial charge in [-0.15, -0.1) is 0 Å². The number of benzene rings is 1. The third-order valence-corrected chi connectivity index (χ3v) is 2.80. The van der Waals surface area contributed by atoms with Gasteiger partial charge in [-0.2, -0.15) is 5.10 Å². The molecule has 0 aliphatic rings. The van der Waals surface area contributed by atoms with E-state index < -0.39 is 0 Å². The first-order chi connectivity index (χ1) is 8.29. The van der Waals surface area contributed by atoms with Crippen molar-refractivity contribution < 1.29 is 4.42 Å². The Bertz CT molecular complexity index is 668. The summed E-state index contributed by atoms with van der Waals surface area (Å²) in [7, 11) is 1.88. The smallest absolute Gasteiger partial charge is 0.181 e. The van der Waals surface area contributed by atoms with Crippen LogP contribution in [0.3, 0.4) is 0 Å². The fourth-order valence-electron chi connectivity index (χ4n) is 1.95. The summed E-state index contributed by atoms with van der Waals surface area (Å²) >= 11 is 0. The number of nitrogens with one attached hydrogen (secondary N) is 2. The van der Waals surface area contributed by atoms with Crippen molar-refractivity contribution in [3.8, 4) is 11.3 Å². The summed E-state index contributed by atoms with van der Waals surface area (Å²) in [5, 5.41) is 10.4. The minimum absolute atomic E-state index is 0.769. The van der Waals surface area contributed by atoms with Crippen molar-refractivity contribution in [3.05, 3.63) is 30.3 Å². The van der Waals surface area contributed by atoms with Crippen molar-refractivity contribution >= 4 is 16.8 Å². The van der Waals surface area contributed by atoms with E-state index in [9.17, 15) is 0 Å². The molecule has 0 atom stereocenters. The Hall–Kier alpha value is -2.30. The Morgan fingerprint density at radius 3 is 3.06 bits per heavy atom. The lowest BCUT2D eigenvalue weighted by Crippen LogP contribution is -1.91. The van der Waals surface area contributed by atoms with Crippen LogP contribution in [0.2, 0.25) is 0 Å². The van der Waals surface area contributed by atoms with E-state index >= 15 is 0 Å². The second-order valence-electron chi connectivity index (χ2n) is 3.86. The van der Waals surface area contributed by atoms with Crippen molar-refractivity contribution in [1.29, 1.82) is 0 Å². The number of aromatic amines is 1. The molecule has 1 aromatic carbocycles. The maximum Gasteiger partial charge on any atom is 0.181 e. The molecule has 0 saturated heterocycles. The molecule has 0 bridgehead atoms. The van der Waals surface area contributed by atoms with E-state index in [1.54, 1.807) is 0 Å². The highest BCUT2D eigenvalue weighted by Crippen LogP contribution is 2.29. The second kappa shape index (κ2) is 3.62. The molecular weight excluding hydrogens is 216 g/mol. The summed E-state index contributed by atoms with van der Waals surface area (Å²) in [6.07, 6.45) is 1.45. The van der Waals surface area contributed by atoms with Gasteiger partial charge in [0.1, 0.15) is 11.2 Å². The Balaban J connectivity index is 2.19. The van der Waals surface area contributed by atoms with Crippen LogP contribution in [0.1, 0.15) is 5.69 Å². The summed E-state index contributed by atoms with van der Waals surface area (Å²) < 4.78 is 5.29. The lowest BCUT2D eigenvalue weighted by Gasteiger charge is -2.02. The average molecular weight is 228 g/mol. The SMILES string of the molecule is CNc1c(-c2ccc3ncoc3c2)n[nH]c1C. The molecule has 3 rings (SSSR count). The molecule has 2 aromatic heterocycles. The number of oxazole rings is 1. The van der Waals surface area contributed by atoms with E-state index in [2.05, 4.69) is 20.5 Å². The molecular formula is C12H12N4O. The topological polar surface area (TPSA) is 66.7 Å². The van der Waals surface area contributed by atoms with Crippen LogP contribution in [0.4, 0.5) is 5.69 Å². The lowest BCUT2D eigenvalue weighted by molar-refractivity contribution is 0.602. The number of fused-ring (bicyclic) bond motifs is 1. The maximum atomic E-state index is 5.29. The van der Waals surface area contributed by atoms with Gasteiger partial charge >= 0.3 is 0 Å². The van der Waals surface area contributed by atoms with E-state index in [4.69, 9.17) is 4.42 Å². The standard InChI is InChI=1S/C12H12N4O/c1-7-11(13-2)12(16-15-7)8-3-4-9-10(5-8)17-6-14-9/h3-6,13H,1-2H3,(H,15,16). The predicted octanol–water partition coefficient (Wildman–Crippen LogP) is 2.57. The maximum absolute atomic E-state index is 5.29. The Kier molecular flexibility index (Phi) is 2.11. The van der Waals surface area contributed by atoms with Crippen LogP contribution in [0.5, 0.6) is 0 Å². The summed E-state index contributed by atoms with van der Waals surface area (Å²) in [6, 6.07) is 5.86. The molecule has 0 aliphatic heterocycles. The van der Waals surface area contributed by atoms with E-state index in [-0.39, 0.29) is 0 Å². The third kappa shape index (κ3) is 1.47. The second-order valence-corrected chi connectivity index (χ2v) is 3.86. The molecule has 17 heavy (non-hydrogen) atoms. The highest BCUT2D eigenvalue weighted by Gasteiger charge is 2.12. The number of nitrogens with zero attached hydrogens (tertiary/aromatic N) is 2. The molecule has 5 nitrogen and oxygen atoms in total. The molecule has 0 spiro atoms. The molecule has 5 heteroatoms. The van der Waals surface area contributed by atoms with Gasteiger partial charge in [-0.1, -0.05) is 6.07 Å². The van der Waals surface area contributed by atoms with Gasteiger partial charge in [-0.3, -0.25) is 5.10 Å². The van der Waals surface area contributed by atoms with Gasteiger partial charge in [0.25, 0.3) is 0 Å². The number of rotatable bonds is 2. The molecule has 2 N–H and O–H groups in total. The molecule has 0 radical (unpaired) electrons. The number of H-pyrrole nitrogens is 1. The van der Waals surface area contributed by atoms with E-state index in [1.165, 1.54) is 6.39 Å². The number of aromatic nitrogens is 3. The van der Waals surface area contributed by atoms with Crippen LogP contribution in [0.15, 0.2) is 29.0 Å². The van der Waals surface area contributed by atoms with Crippen LogP contribution >= 0.6 is 0 Å². The minimum atomic E-state index is 0.769. The first-order valence-corrected chi connectivity index (χ1v) is 5.36. The van der Waals surface area contributed by atoms with Crippen LogP contribution in [0.25, 0.3) is 22.4 Å². The first kappa shape index (κ1) is 9.89. The van der Waals surface area contributed by atoms with E-state index in [1.807, 2.05) is 32.2 Å². The average Bonchev–Trinajstić information content (AvgIpc) is 2.93. The van der Waals surface area contributed by atoms with Crippen molar-refractivity contribution in [3.63, 3.8) is 0 Å². The molecule has 2 heterocycles. The Labute approximate surface area is 97.9 Å². The van der Waals surface area contributed by atoms with Crippen molar-refractivity contribution in [2.75, 3.05) is 12.4 Å². The Morgan fingerprint density at radius 1 is 1.35 bits per heavy atom. The summed E-state index contributed by atoms with van der Waals surface area (Å²) in [5.74, 6) is 0. The minimum Gasteiger partial charge on any atom is -0.443 e. The summed E-state index contributed by atoms with van der Waals surface area (Å²) in [6.45, 7) is 1.98. The fraction of sp³-hybridized carbons (Fsp3) is 0.167. The normalized spacial score (nSPS) is 10.9. The molecule has 3 aromatic rings. The van der Waals surface area contributed by atoms with Crippen LogP contribution in [-0.4, -0.2) is 22.2 Å². The molecule has 0 saturated carbocycles. The van der Waals surface area contributed by atoms with Gasteiger partial charge in [0.2, 0.25) is 0 Å². The molecule has 0 fully saturated rings.